The Labute approximate surface area is 134 Å². The maximum atomic E-state index is 12.0. The number of hydrogen-bond acceptors (Lipinski definition) is 3. The largest absolute Gasteiger partial charge is 0.484 e. The van der Waals surface area contributed by atoms with Crippen LogP contribution in [0.3, 0.4) is 0 Å². The monoisotopic (exact) mass is 310 g/mol. The zero-order valence-corrected chi connectivity index (χ0v) is 13.1. The molecular formula is C18H18N2O3. The van der Waals surface area contributed by atoms with Crippen LogP contribution in [0.25, 0.3) is 0 Å². The fourth-order valence-corrected chi connectivity index (χ4v) is 2.48. The summed E-state index contributed by atoms with van der Waals surface area (Å²) in [6.45, 7) is 3.77. The first-order chi connectivity index (χ1) is 11.0. The zero-order valence-electron chi connectivity index (χ0n) is 13.1. The molecule has 5 heteroatoms. The fourth-order valence-electron chi connectivity index (χ4n) is 2.48. The second-order valence-electron chi connectivity index (χ2n) is 5.66. The number of rotatable bonds is 4. The summed E-state index contributed by atoms with van der Waals surface area (Å²) in [6.07, 6.45) is 0. The van der Waals surface area contributed by atoms with Crippen molar-refractivity contribution in [1.82, 2.24) is 0 Å². The van der Waals surface area contributed by atoms with Gasteiger partial charge >= 0.3 is 0 Å². The van der Waals surface area contributed by atoms with E-state index in [1.165, 1.54) is 0 Å². The van der Waals surface area contributed by atoms with Crippen LogP contribution in [0.4, 0.5) is 11.4 Å². The third-order valence-corrected chi connectivity index (χ3v) is 3.84. The summed E-state index contributed by atoms with van der Waals surface area (Å²) in [5.74, 6) is 0.190. The quantitative estimate of drug-likeness (QED) is 0.912. The third-order valence-electron chi connectivity index (χ3n) is 3.84. The van der Waals surface area contributed by atoms with Crippen LogP contribution in [0.1, 0.15) is 24.0 Å². The molecule has 0 fully saturated rings. The molecule has 23 heavy (non-hydrogen) atoms. The van der Waals surface area contributed by atoms with Crippen LogP contribution in [0.15, 0.2) is 42.5 Å². The molecule has 0 saturated heterocycles. The van der Waals surface area contributed by atoms with Crippen LogP contribution in [0.5, 0.6) is 5.75 Å². The molecule has 2 N–H and O–H groups in total. The number of carbonyl (C=O) groups is 2. The van der Waals surface area contributed by atoms with Crippen molar-refractivity contribution in [2.24, 2.45) is 0 Å². The minimum Gasteiger partial charge on any atom is -0.484 e. The van der Waals surface area contributed by atoms with Crippen molar-refractivity contribution in [1.29, 1.82) is 0 Å². The molecule has 1 atom stereocenters. The number of amides is 2. The maximum absolute atomic E-state index is 12.0. The van der Waals surface area contributed by atoms with Gasteiger partial charge < -0.3 is 15.4 Å². The van der Waals surface area contributed by atoms with E-state index in [1.807, 2.05) is 44.2 Å². The summed E-state index contributed by atoms with van der Waals surface area (Å²) >= 11 is 0. The summed E-state index contributed by atoms with van der Waals surface area (Å²) in [5.41, 5.74) is 3.49. The first-order valence-electron chi connectivity index (χ1n) is 7.47. The van der Waals surface area contributed by atoms with Gasteiger partial charge in [0.05, 0.1) is 5.92 Å². The van der Waals surface area contributed by atoms with E-state index in [1.54, 1.807) is 12.1 Å². The Morgan fingerprint density at radius 3 is 2.70 bits per heavy atom. The van der Waals surface area contributed by atoms with Crippen LogP contribution < -0.4 is 15.4 Å². The number of anilines is 2. The number of carbonyl (C=O) groups excluding carboxylic acids is 2. The first kappa shape index (κ1) is 15.1. The molecular weight excluding hydrogens is 292 g/mol. The standard InChI is InChI=1S/C18H18N2O3/c1-11-3-6-14(7-4-11)23-10-17(21)19-13-5-8-16-15(9-13)12(2)18(22)20-16/h3-9,12H,10H2,1-2H3,(H,19,21)(H,20,22). The summed E-state index contributed by atoms with van der Waals surface area (Å²) in [5, 5.41) is 5.59. The Morgan fingerprint density at radius 2 is 1.96 bits per heavy atom. The molecule has 1 heterocycles. The minimum atomic E-state index is -0.240. The van der Waals surface area contributed by atoms with Gasteiger partial charge in [-0.2, -0.15) is 0 Å². The van der Waals surface area contributed by atoms with E-state index < -0.39 is 0 Å². The fraction of sp³-hybridized carbons (Fsp3) is 0.222. The molecule has 2 aromatic rings. The van der Waals surface area contributed by atoms with Gasteiger partial charge in [0.25, 0.3) is 5.91 Å². The molecule has 3 rings (SSSR count). The van der Waals surface area contributed by atoms with Crippen molar-refractivity contribution in [3.63, 3.8) is 0 Å². The van der Waals surface area contributed by atoms with Crippen LogP contribution in [-0.4, -0.2) is 18.4 Å². The lowest BCUT2D eigenvalue weighted by Crippen LogP contribution is -2.20. The van der Waals surface area contributed by atoms with Crippen molar-refractivity contribution in [2.75, 3.05) is 17.2 Å². The molecule has 1 unspecified atom stereocenters. The second kappa shape index (κ2) is 6.12. The van der Waals surface area contributed by atoms with E-state index >= 15 is 0 Å². The van der Waals surface area contributed by atoms with E-state index in [2.05, 4.69) is 10.6 Å². The summed E-state index contributed by atoms with van der Waals surface area (Å²) in [4.78, 5) is 23.6. The van der Waals surface area contributed by atoms with Crippen LogP contribution in [0.2, 0.25) is 0 Å². The zero-order chi connectivity index (χ0) is 16.4. The first-order valence-corrected chi connectivity index (χ1v) is 7.47. The predicted molar refractivity (Wildman–Crippen MR) is 88.8 cm³/mol. The number of aryl methyl sites for hydroxylation is 1. The molecule has 118 valence electrons. The molecule has 2 aromatic carbocycles. The molecule has 0 radical (unpaired) electrons. The normalized spacial score (nSPS) is 15.7. The van der Waals surface area contributed by atoms with Crippen molar-refractivity contribution < 1.29 is 14.3 Å². The van der Waals surface area contributed by atoms with E-state index in [9.17, 15) is 9.59 Å². The lowest BCUT2D eigenvalue weighted by atomic mass is 10.0. The molecule has 0 saturated carbocycles. The van der Waals surface area contributed by atoms with E-state index in [4.69, 9.17) is 4.74 Å². The highest BCUT2D eigenvalue weighted by atomic mass is 16.5. The van der Waals surface area contributed by atoms with Crippen molar-refractivity contribution in [3.8, 4) is 5.75 Å². The number of hydrogen-bond donors (Lipinski definition) is 2. The number of benzene rings is 2. The maximum Gasteiger partial charge on any atom is 0.262 e. The van der Waals surface area contributed by atoms with Gasteiger partial charge in [-0.3, -0.25) is 9.59 Å². The molecule has 0 bridgehead atoms. The van der Waals surface area contributed by atoms with Crippen LogP contribution >= 0.6 is 0 Å². The Morgan fingerprint density at radius 1 is 1.22 bits per heavy atom. The lowest BCUT2D eigenvalue weighted by molar-refractivity contribution is -0.118. The molecule has 0 aliphatic carbocycles. The molecule has 2 amide bonds. The van der Waals surface area contributed by atoms with Gasteiger partial charge in [0.1, 0.15) is 5.75 Å². The average Bonchev–Trinajstić information content (AvgIpc) is 2.82. The minimum absolute atomic E-state index is 0.0221. The number of ether oxygens (including phenoxy) is 1. The van der Waals surface area contributed by atoms with Crippen molar-refractivity contribution in [2.45, 2.75) is 19.8 Å². The molecule has 0 spiro atoms. The predicted octanol–water partition coefficient (Wildman–Crippen LogP) is 3.07. The van der Waals surface area contributed by atoms with Gasteiger partial charge in [-0.1, -0.05) is 17.7 Å². The summed E-state index contributed by atoms with van der Waals surface area (Å²) in [6, 6.07) is 12.9. The van der Waals surface area contributed by atoms with Gasteiger partial charge in [-0.25, -0.2) is 0 Å². The molecule has 5 nitrogen and oxygen atoms in total. The molecule has 1 aliphatic heterocycles. The Kier molecular flexibility index (Phi) is 4.02. The molecule has 1 aliphatic rings. The van der Waals surface area contributed by atoms with Gasteiger partial charge in [0.15, 0.2) is 6.61 Å². The highest BCUT2D eigenvalue weighted by Crippen LogP contribution is 2.33. The number of nitrogens with one attached hydrogen (secondary N) is 2. The third kappa shape index (κ3) is 3.34. The average molecular weight is 310 g/mol. The smallest absolute Gasteiger partial charge is 0.262 e. The Hall–Kier alpha value is -2.82. The van der Waals surface area contributed by atoms with Gasteiger partial charge in [-0.15, -0.1) is 0 Å². The second-order valence-corrected chi connectivity index (χ2v) is 5.66. The highest BCUT2D eigenvalue weighted by Gasteiger charge is 2.26. The Balaban J connectivity index is 1.60. The molecule has 0 aromatic heterocycles. The summed E-state index contributed by atoms with van der Waals surface area (Å²) < 4.78 is 5.45. The van der Waals surface area contributed by atoms with E-state index in [-0.39, 0.29) is 24.3 Å². The van der Waals surface area contributed by atoms with E-state index in [0.717, 1.165) is 16.8 Å². The van der Waals surface area contributed by atoms with Crippen LogP contribution in [0, 0.1) is 6.92 Å². The lowest BCUT2D eigenvalue weighted by Gasteiger charge is -2.09. The van der Waals surface area contributed by atoms with Gasteiger partial charge in [-0.05, 0) is 49.7 Å². The topological polar surface area (TPSA) is 67.4 Å². The highest BCUT2D eigenvalue weighted by molar-refractivity contribution is 6.03. The van der Waals surface area contributed by atoms with Gasteiger partial charge in [0.2, 0.25) is 5.91 Å². The number of fused-ring (bicyclic) bond motifs is 1. The SMILES string of the molecule is Cc1ccc(OCC(=O)Nc2ccc3c(c2)C(C)C(=O)N3)cc1. The van der Waals surface area contributed by atoms with E-state index in [0.29, 0.717) is 11.4 Å². The summed E-state index contributed by atoms with van der Waals surface area (Å²) in [7, 11) is 0. The van der Waals surface area contributed by atoms with Crippen molar-refractivity contribution >= 4 is 23.2 Å². The van der Waals surface area contributed by atoms with Gasteiger partial charge in [0, 0.05) is 11.4 Å². The van der Waals surface area contributed by atoms with Crippen LogP contribution in [-0.2, 0) is 9.59 Å². The van der Waals surface area contributed by atoms with Crippen molar-refractivity contribution in [3.05, 3.63) is 53.6 Å². The Bertz CT molecular complexity index is 753.